The van der Waals surface area contributed by atoms with Crippen molar-refractivity contribution in [3.05, 3.63) is 35.1 Å². The second-order valence-corrected chi connectivity index (χ2v) is 5.20. The van der Waals surface area contributed by atoms with Crippen molar-refractivity contribution < 1.29 is 9.13 Å². The Labute approximate surface area is 121 Å². The van der Waals surface area contributed by atoms with Gasteiger partial charge in [0.15, 0.2) is 0 Å². The van der Waals surface area contributed by atoms with E-state index in [0.29, 0.717) is 5.92 Å². The quantitative estimate of drug-likeness (QED) is 0.674. The average Bonchev–Trinajstić information content (AvgIpc) is 2.45. The molecule has 2 atom stereocenters. The molecule has 0 aromatic heterocycles. The molecule has 0 fully saturated rings. The molecule has 0 spiro atoms. The van der Waals surface area contributed by atoms with Crippen molar-refractivity contribution >= 4 is 0 Å². The Morgan fingerprint density at radius 1 is 1.35 bits per heavy atom. The van der Waals surface area contributed by atoms with Gasteiger partial charge in [-0.25, -0.2) is 4.39 Å². The van der Waals surface area contributed by atoms with Crippen LogP contribution in [-0.2, 0) is 4.74 Å². The first-order valence-electron chi connectivity index (χ1n) is 7.38. The molecule has 0 heterocycles. The summed E-state index contributed by atoms with van der Waals surface area (Å²) in [7, 11) is 0. The molecule has 0 aliphatic heterocycles. The smallest absolute Gasteiger partial charge is 0.134 e. The average molecular weight is 277 g/mol. The van der Waals surface area contributed by atoms with Crippen LogP contribution in [0.4, 0.5) is 4.39 Å². The number of nitriles is 1. The number of unbranched alkanes of at least 4 members (excludes halogenated alkanes) is 1. The standard InChI is InChI=1S/C17H24FNO/c1-4-6-7-14(5-2)17(20-11-10-19)16-12-15(18)9-8-13(16)3/h8-9,12,14,17H,4-7,11H2,1-3H3/t14-,17+/m0/s1. The minimum atomic E-state index is -0.249. The molecule has 1 aromatic carbocycles. The number of aryl methyl sites for hydroxylation is 1. The summed E-state index contributed by atoms with van der Waals surface area (Å²) < 4.78 is 19.3. The van der Waals surface area contributed by atoms with Crippen molar-refractivity contribution in [3.8, 4) is 6.07 Å². The highest BCUT2D eigenvalue weighted by Crippen LogP contribution is 2.34. The van der Waals surface area contributed by atoms with E-state index < -0.39 is 0 Å². The molecule has 0 amide bonds. The van der Waals surface area contributed by atoms with E-state index in [-0.39, 0.29) is 18.5 Å². The van der Waals surface area contributed by atoms with Crippen molar-refractivity contribution in [2.24, 2.45) is 5.92 Å². The van der Waals surface area contributed by atoms with Gasteiger partial charge in [0.25, 0.3) is 0 Å². The summed E-state index contributed by atoms with van der Waals surface area (Å²) in [4.78, 5) is 0. The highest BCUT2D eigenvalue weighted by molar-refractivity contribution is 5.29. The third-order valence-electron chi connectivity index (χ3n) is 3.76. The van der Waals surface area contributed by atoms with Gasteiger partial charge in [-0.15, -0.1) is 0 Å². The van der Waals surface area contributed by atoms with Gasteiger partial charge < -0.3 is 4.74 Å². The SMILES string of the molecule is CCCC[C@H](CC)[C@@H](OCC#N)c1cc(F)ccc1C. The number of hydrogen-bond acceptors (Lipinski definition) is 2. The van der Waals surface area contributed by atoms with Gasteiger partial charge in [0, 0.05) is 0 Å². The van der Waals surface area contributed by atoms with E-state index in [4.69, 9.17) is 10.00 Å². The maximum absolute atomic E-state index is 13.5. The summed E-state index contributed by atoms with van der Waals surface area (Å²) in [6, 6.07) is 6.81. The number of ether oxygens (including phenoxy) is 1. The second kappa shape index (κ2) is 8.71. The van der Waals surface area contributed by atoms with Gasteiger partial charge in [-0.2, -0.15) is 5.26 Å². The lowest BCUT2D eigenvalue weighted by Gasteiger charge is -2.27. The molecule has 0 unspecified atom stereocenters. The van der Waals surface area contributed by atoms with Crippen LogP contribution in [0, 0.1) is 30.0 Å². The molecule has 0 aliphatic carbocycles. The van der Waals surface area contributed by atoms with Crippen LogP contribution in [0.25, 0.3) is 0 Å². The first-order chi connectivity index (χ1) is 9.63. The van der Waals surface area contributed by atoms with Crippen molar-refractivity contribution in [1.82, 2.24) is 0 Å². The van der Waals surface area contributed by atoms with Crippen LogP contribution in [0.5, 0.6) is 0 Å². The van der Waals surface area contributed by atoms with E-state index in [1.54, 1.807) is 12.1 Å². The van der Waals surface area contributed by atoms with E-state index in [1.807, 2.05) is 13.0 Å². The maximum Gasteiger partial charge on any atom is 0.134 e. The van der Waals surface area contributed by atoms with Crippen LogP contribution >= 0.6 is 0 Å². The van der Waals surface area contributed by atoms with Crippen molar-refractivity contribution in [2.45, 2.75) is 52.6 Å². The fraction of sp³-hybridized carbons (Fsp3) is 0.588. The van der Waals surface area contributed by atoms with Crippen LogP contribution in [0.3, 0.4) is 0 Å². The molecule has 0 aliphatic rings. The fourth-order valence-electron chi connectivity index (χ4n) is 2.56. The molecular weight excluding hydrogens is 253 g/mol. The summed E-state index contributed by atoms with van der Waals surface area (Å²) in [6.45, 7) is 6.29. The molecule has 3 heteroatoms. The molecule has 0 saturated carbocycles. The largest absolute Gasteiger partial charge is 0.358 e. The predicted octanol–water partition coefficient (Wildman–Crippen LogP) is 4.93. The van der Waals surface area contributed by atoms with Gasteiger partial charge in [0.2, 0.25) is 0 Å². The van der Waals surface area contributed by atoms with Crippen LogP contribution in [-0.4, -0.2) is 6.61 Å². The van der Waals surface area contributed by atoms with Crippen LogP contribution < -0.4 is 0 Å². The zero-order chi connectivity index (χ0) is 15.0. The van der Waals surface area contributed by atoms with Crippen LogP contribution in [0.15, 0.2) is 18.2 Å². The van der Waals surface area contributed by atoms with E-state index in [0.717, 1.165) is 36.8 Å². The van der Waals surface area contributed by atoms with Gasteiger partial charge in [-0.3, -0.25) is 0 Å². The molecule has 0 N–H and O–H groups in total. The molecule has 1 aromatic rings. The summed E-state index contributed by atoms with van der Waals surface area (Å²) in [6.07, 6.45) is 4.07. The lowest BCUT2D eigenvalue weighted by Crippen LogP contribution is -2.17. The second-order valence-electron chi connectivity index (χ2n) is 5.20. The number of halogens is 1. The summed E-state index contributed by atoms with van der Waals surface area (Å²) in [5.41, 5.74) is 1.90. The highest BCUT2D eigenvalue weighted by atomic mass is 19.1. The van der Waals surface area contributed by atoms with E-state index in [2.05, 4.69) is 13.8 Å². The van der Waals surface area contributed by atoms with E-state index in [1.165, 1.54) is 6.07 Å². The summed E-state index contributed by atoms with van der Waals surface area (Å²) in [5, 5.41) is 8.77. The Hall–Kier alpha value is -1.40. The Morgan fingerprint density at radius 3 is 2.70 bits per heavy atom. The summed E-state index contributed by atoms with van der Waals surface area (Å²) >= 11 is 0. The van der Waals surface area contributed by atoms with E-state index in [9.17, 15) is 4.39 Å². The number of nitrogens with zero attached hydrogens (tertiary/aromatic N) is 1. The van der Waals surface area contributed by atoms with Gasteiger partial charge in [0.05, 0.1) is 12.2 Å². The topological polar surface area (TPSA) is 33.0 Å². The molecule has 1 rings (SSSR count). The normalized spacial score (nSPS) is 13.8. The van der Waals surface area contributed by atoms with E-state index >= 15 is 0 Å². The third kappa shape index (κ3) is 4.61. The third-order valence-corrected chi connectivity index (χ3v) is 3.76. The zero-order valence-electron chi connectivity index (χ0n) is 12.7. The van der Waals surface area contributed by atoms with Crippen molar-refractivity contribution in [1.29, 1.82) is 5.26 Å². The van der Waals surface area contributed by atoms with Crippen molar-refractivity contribution in [3.63, 3.8) is 0 Å². The first-order valence-corrected chi connectivity index (χ1v) is 7.38. The van der Waals surface area contributed by atoms with Gasteiger partial charge in [0.1, 0.15) is 12.4 Å². The number of benzene rings is 1. The monoisotopic (exact) mass is 277 g/mol. The molecule has 2 nitrogen and oxygen atoms in total. The van der Waals surface area contributed by atoms with Crippen LogP contribution in [0.2, 0.25) is 0 Å². The zero-order valence-corrected chi connectivity index (χ0v) is 12.7. The molecular formula is C17H24FNO. The molecule has 0 saturated heterocycles. The summed E-state index contributed by atoms with van der Waals surface area (Å²) in [5.74, 6) is 0.0744. The Balaban J connectivity index is 3.03. The van der Waals surface area contributed by atoms with Crippen molar-refractivity contribution in [2.75, 3.05) is 6.61 Å². The lowest BCUT2D eigenvalue weighted by atomic mass is 9.87. The van der Waals surface area contributed by atoms with Gasteiger partial charge in [-0.05, 0) is 42.5 Å². The Morgan fingerprint density at radius 2 is 2.10 bits per heavy atom. The predicted molar refractivity (Wildman–Crippen MR) is 78.7 cm³/mol. The first kappa shape index (κ1) is 16.7. The number of rotatable bonds is 8. The molecule has 110 valence electrons. The van der Waals surface area contributed by atoms with Gasteiger partial charge in [-0.1, -0.05) is 39.2 Å². The minimum absolute atomic E-state index is 0.0449. The molecule has 20 heavy (non-hydrogen) atoms. The van der Waals surface area contributed by atoms with Gasteiger partial charge >= 0.3 is 0 Å². The number of hydrogen-bond donors (Lipinski definition) is 0. The lowest BCUT2D eigenvalue weighted by molar-refractivity contribution is 0.0238. The molecule has 0 radical (unpaired) electrons. The maximum atomic E-state index is 13.5. The Kier molecular flexibility index (Phi) is 7.25. The molecule has 0 bridgehead atoms. The Bertz CT molecular complexity index is 453. The fourth-order valence-corrected chi connectivity index (χ4v) is 2.56. The van der Waals surface area contributed by atoms with Crippen LogP contribution in [0.1, 0.15) is 56.8 Å². The minimum Gasteiger partial charge on any atom is -0.358 e. The highest BCUT2D eigenvalue weighted by Gasteiger charge is 2.24.